The van der Waals surface area contributed by atoms with Crippen molar-refractivity contribution in [3.63, 3.8) is 0 Å². The molecule has 0 saturated heterocycles. The van der Waals surface area contributed by atoms with E-state index in [0.29, 0.717) is 0 Å². The third-order valence-electron chi connectivity index (χ3n) is 0.485. The molecule has 0 atom stereocenters. The van der Waals surface area contributed by atoms with Gasteiger partial charge in [-0.1, -0.05) is 0 Å². The van der Waals surface area contributed by atoms with Crippen LogP contribution in [0.2, 0.25) is 0 Å². The Kier molecular flexibility index (Phi) is 8.04. The van der Waals surface area contributed by atoms with Gasteiger partial charge in [-0.3, -0.25) is 4.55 Å². The highest BCUT2D eigenvalue weighted by atomic mass is 32.2. The van der Waals surface area contributed by atoms with Crippen LogP contribution in [0.5, 0.6) is 0 Å². The van der Waals surface area contributed by atoms with Crippen LogP contribution in [-0.4, -0.2) is 31.2 Å². The molecule has 0 fully saturated rings. The number of carboxylic acids is 1. The molecule has 0 rings (SSSR count). The lowest BCUT2D eigenvalue weighted by atomic mass is 10.6. The van der Waals surface area contributed by atoms with Crippen LogP contribution < -0.4 is 0 Å². The van der Waals surface area contributed by atoms with Crippen LogP contribution in [0, 0.1) is 0 Å². The third kappa shape index (κ3) is 17.6. The zero-order chi connectivity index (χ0) is 9.44. The largest absolute Gasteiger partial charge is 0.490 e. The van der Waals surface area contributed by atoms with E-state index >= 15 is 0 Å². The Morgan fingerprint density at radius 3 is 1.82 bits per heavy atom. The van der Waals surface area contributed by atoms with Crippen molar-refractivity contribution in [1.29, 1.82) is 0 Å². The smallest absolute Gasteiger partial charge is 0.370 e. The summed E-state index contributed by atoms with van der Waals surface area (Å²) in [5.74, 6) is -1.36. The first-order chi connectivity index (χ1) is 4.91. The second kappa shape index (κ2) is 7.03. The molecule has 7 heteroatoms. The summed E-state index contributed by atoms with van der Waals surface area (Å²) in [6.45, 7) is 3.05. The summed E-state index contributed by atoms with van der Waals surface area (Å²) in [5.41, 5.74) is 0. The molecule has 11 heavy (non-hydrogen) atoms. The van der Waals surface area contributed by atoms with Crippen LogP contribution in [-0.2, 0) is 20.5 Å². The van der Waals surface area contributed by atoms with Gasteiger partial charge in [-0.25, -0.2) is 13.2 Å². The molecule has 0 aliphatic heterocycles. The van der Waals surface area contributed by atoms with E-state index < -0.39 is 17.0 Å². The highest BCUT2D eigenvalue weighted by Crippen LogP contribution is 1.86. The van der Waals surface area contributed by atoms with E-state index in [2.05, 4.69) is 11.3 Å². The van der Waals surface area contributed by atoms with Gasteiger partial charge in [0, 0.05) is 0 Å². The maximum atomic E-state index is 9.71. The monoisotopic (exact) mass is 184 g/mol. The average Bonchev–Trinajstić information content (AvgIpc) is 1.85. The summed E-state index contributed by atoms with van der Waals surface area (Å²) in [7, 11) is -1.86. The summed E-state index contributed by atoms with van der Waals surface area (Å²) < 4.78 is 28.4. The van der Waals surface area contributed by atoms with E-state index in [-0.39, 0.29) is 5.76 Å². The average molecular weight is 184 g/mol. The molecule has 6 nitrogen and oxygen atoms in total. The summed E-state index contributed by atoms with van der Waals surface area (Å²) in [6.07, 6.45) is 0. The maximum Gasteiger partial charge on any atom is 0.370 e. The number of methoxy groups -OCH3 is 1. The molecule has 0 saturated carbocycles. The Balaban J connectivity index is 0. The van der Waals surface area contributed by atoms with Crippen LogP contribution in [0.4, 0.5) is 0 Å². The summed E-state index contributed by atoms with van der Waals surface area (Å²) in [5, 5.41) is 7.96. The predicted octanol–water partition coefficient (Wildman–Crippen LogP) is -0.698. The number of hydrogen-bond acceptors (Lipinski definition) is 4. The number of rotatable bonds is 2. The van der Waals surface area contributed by atoms with E-state index in [1.807, 2.05) is 0 Å². The zero-order valence-corrected chi connectivity index (χ0v) is 6.58. The topological polar surface area (TPSA) is 101 Å². The first kappa shape index (κ1) is 12.6. The van der Waals surface area contributed by atoms with Crippen LogP contribution >= 0.6 is 0 Å². The van der Waals surface area contributed by atoms with Crippen molar-refractivity contribution in [2.45, 2.75) is 0 Å². The fraction of sp³-hybridized carbons (Fsp3) is 0.250. The highest BCUT2D eigenvalue weighted by Gasteiger charge is 1.98. The Bertz CT molecular complexity index is 197. The van der Waals surface area contributed by atoms with Gasteiger partial charge in [-0.2, -0.15) is 0 Å². The van der Waals surface area contributed by atoms with Gasteiger partial charge < -0.3 is 9.84 Å². The molecule has 0 amide bonds. The van der Waals surface area contributed by atoms with Crippen LogP contribution in [0.1, 0.15) is 0 Å². The maximum absolute atomic E-state index is 9.71. The molecule has 0 aromatic heterocycles. The first-order valence-electron chi connectivity index (χ1n) is 2.21. The normalized spacial score (nSPS) is 7.91. The number of carboxylic acid groups (broad SMARTS) is 1. The fourth-order valence-corrected chi connectivity index (χ4v) is 0.0873. The van der Waals surface area contributed by atoms with E-state index in [1.54, 1.807) is 0 Å². The zero-order valence-electron chi connectivity index (χ0n) is 5.68. The van der Waals surface area contributed by atoms with Gasteiger partial charge in [0.2, 0.25) is 0 Å². The number of ether oxygens (including phenoxy) is 1. The number of thiol groups is 1. The molecule has 0 aliphatic rings. The fourth-order valence-electron chi connectivity index (χ4n) is 0.0873. The molecule has 0 heterocycles. The van der Waals surface area contributed by atoms with Crippen LogP contribution in [0.15, 0.2) is 12.3 Å². The summed E-state index contributed by atoms with van der Waals surface area (Å²) >= 11 is 0. The SMILES string of the molecule is C=C(OC)C(=O)O.O=[SH](=O)O. The summed E-state index contributed by atoms with van der Waals surface area (Å²) in [4.78, 5) is 9.71. The lowest BCUT2D eigenvalue weighted by Gasteiger charge is -1.92. The van der Waals surface area contributed by atoms with E-state index in [1.165, 1.54) is 7.11 Å². The summed E-state index contributed by atoms with van der Waals surface area (Å²) in [6, 6.07) is 0. The van der Waals surface area contributed by atoms with Crippen LogP contribution in [0.3, 0.4) is 0 Å². The Morgan fingerprint density at radius 2 is 1.82 bits per heavy atom. The van der Waals surface area contributed by atoms with Gasteiger partial charge in [0.1, 0.15) is 0 Å². The van der Waals surface area contributed by atoms with Gasteiger partial charge in [-0.05, 0) is 6.58 Å². The lowest BCUT2D eigenvalue weighted by molar-refractivity contribution is -0.136. The van der Waals surface area contributed by atoms with Gasteiger partial charge in [0.05, 0.1) is 7.11 Å². The number of hydrogen-bond donors (Lipinski definition) is 3. The second-order valence-electron chi connectivity index (χ2n) is 1.17. The number of aliphatic carboxylic acids is 1. The Hall–Kier alpha value is -1.08. The molecule has 0 aliphatic carbocycles. The minimum atomic E-state index is -3.12. The van der Waals surface area contributed by atoms with E-state index in [0.717, 1.165) is 0 Å². The van der Waals surface area contributed by atoms with Crippen molar-refractivity contribution in [2.24, 2.45) is 0 Å². The Labute approximate surface area is 64.9 Å². The van der Waals surface area contributed by atoms with Gasteiger partial charge in [0.25, 0.3) is 11.0 Å². The van der Waals surface area contributed by atoms with Crippen molar-refractivity contribution < 1.29 is 27.6 Å². The standard InChI is InChI=1S/C4H6O3.H2O3S/c1-3(7-2)4(5)6;1-4(2)3/h1H2,2H3,(H,5,6);4H,(H,1,2,3). The van der Waals surface area contributed by atoms with Crippen LogP contribution in [0.25, 0.3) is 0 Å². The quantitative estimate of drug-likeness (QED) is 0.227. The molecular formula is C4H8O6S. The third-order valence-corrected chi connectivity index (χ3v) is 0.485. The van der Waals surface area contributed by atoms with Crippen molar-refractivity contribution in [3.8, 4) is 0 Å². The minimum Gasteiger partial charge on any atom is -0.490 e. The first-order valence-corrected chi connectivity index (χ1v) is 3.34. The molecule has 0 spiro atoms. The molecule has 0 aromatic carbocycles. The predicted molar refractivity (Wildman–Crippen MR) is 36.7 cm³/mol. The van der Waals surface area contributed by atoms with Gasteiger partial charge in [0.15, 0.2) is 5.76 Å². The van der Waals surface area contributed by atoms with Gasteiger partial charge >= 0.3 is 5.97 Å². The van der Waals surface area contributed by atoms with Gasteiger partial charge in [-0.15, -0.1) is 0 Å². The molecule has 0 unspecified atom stereocenters. The minimum absolute atomic E-state index is 0.236. The molecular weight excluding hydrogens is 176 g/mol. The molecule has 66 valence electrons. The van der Waals surface area contributed by atoms with E-state index in [4.69, 9.17) is 18.1 Å². The molecule has 0 bridgehead atoms. The van der Waals surface area contributed by atoms with Crippen molar-refractivity contribution in [2.75, 3.05) is 7.11 Å². The number of carbonyl (C=O) groups is 1. The molecule has 0 radical (unpaired) electrons. The van der Waals surface area contributed by atoms with Crippen molar-refractivity contribution >= 4 is 17.0 Å². The van der Waals surface area contributed by atoms with Crippen molar-refractivity contribution in [1.82, 2.24) is 0 Å². The second-order valence-corrected chi connectivity index (χ2v) is 1.65. The Morgan fingerprint density at radius 1 is 1.55 bits per heavy atom. The van der Waals surface area contributed by atoms with Crippen molar-refractivity contribution in [3.05, 3.63) is 12.3 Å². The lowest BCUT2D eigenvalue weighted by Crippen LogP contribution is -1.99. The highest BCUT2D eigenvalue weighted by molar-refractivity contribution is 7.66. The van der Waals surface area contributed by atoms with E-state index in [9.17, 15) is 4.79 Å². The molecule has 0 aromatic rings. The molecule has 2 N–H and O–H groups in total.